The Labute approximate surface area is 71.7 Å². The van der Waals surface area contributed by atoms with Crippen molar-refractivity contribution in [2.24, 2.45) is 0 Å². The van der Waals surface area contributed by atoms with Crippen molar-refractivity contribution in [3.05, 3.63) is 11.9 Å². The Hall–Kier alpha value is -1.24. The van der Waals surface area contributed by atoms with Crippen molar-refractivity contribution in [1.82, 2.24) is 10.8 Å². The highest BCUT2D eigenvalue weighted by Crippen LogP contribution is 2.13. The molecule has 0 aliphatic carbocycles. The van der Waals surface area contributed by atoms with Gasteiger partial charge in [-0.1, -0.05) is 0 Å². The Balaban J connectivity index is 2.20. The van der Waals surface area contributed by atoms with E-state index in [0.29, 0.717) is 0 Å². The molecule has 0 saturated heterocycles. The summed E-state index contributed by atoms with van der Waals surface area (Å²) < 4.78 is 34.6. The van der Waals surface area contributed by atoms with E-state index in [1.165, 1.54) is 0 Å². The molecule has 0 radical (unpaired) electrons. The number of nitrogens with one attached hydrogen (secondary N) is 2. The lowest BCUT2D eigenvalue weighted by atomic mass is 10.4. The van der Waals surface area contributed by atoms with E-state index in [-0.39, 0.29) is 18.1 Å². The van der Waals surface area contributed by atoms with Gasteiger partial charge in [-0.2, -0.15) is 13.2 Å². The van der Waals surface area contributed by atoms with Crippen LogP contribution in [0.1, 0.15) is 0 Å². The van der Waals surface area contributed by atoms with Gasteiger partial charge in [0, 0.05) is 6.08 Å². The Morgan fingerprint density at radius 3 is 2.77 bits per heavy atom. The molecule has 0 aromatic carbocycles. The number of carbonyl (C=O) groups is 1. The first-order valence-electron chi connectivity index (χ1n) is 3.40. The zero-order valence-corrected chi connectivity index (χ0v) is 6.44. The van der Waals surface area contributed by atoms with Gasteiger partial charge < -0.3 is 5.32 Å². The number of rotatable bonds is 3. The molecule has 13 heavy (non-hydrogen) atoms. The average Bonchev–Trinajstić information content (AvgIpc) is 2.33. The fraction of sp³-hybridized carbons (Fsp3) is 0.500. The number of hydrogen-bond donors (Lipinski definition) is 2. The van der Waals surface area contributed by atoms with Crippen molar-refractivity contribution in [3.63, 3.8) is 0 Å². The molecule has 0 aromatic rings. The van der Waals surface area contributed by atoms with Gasteiger partial charge in [0.2, 0.25) is 0 Å². The van der Waals surface area contributed by atoms with Crippen LogP contribution in [0.5, 0.6) is 0 Å². The van der Waals surface area contributed by atoms with E-state index in [1.807, 2.05) is 5.48 Å². The van der Waals surface area contributed by atoms with Gasteiger partial charge in [0.15, 0.2) is 12.4 Å². The maximum Gasteiger partial charge on any atom is 0.414 e. The second kappa shape index (κ2) is 3.65. The summed E-state index contributed by atoms with van der Waals surface area (Å²) in [7, 11) is 0. The Bertz CT molecular complexity index is 237. The minimum Gasteiger partial charge on any atom is -0.363 e. The number of carbonyl (C=O) groups excluding carboxylic acids is 1. The Kier molecular flexibility index (Phi) is 2.76. The lowest BCUT2D eigenvalue weighted by molar-refractivity contribution is -0.186. The van der Waals surface area contributed by atoms with Gasteiger partial charge in [0.05, 0.1) is 6.54 Å². The van der Waals surface area contributed by atoms with Gasteiger partial charge in [0.1, 0.15) is 5.82 Å². The molecule has 7 heteroatoms. The molecule has 0 aromatic heterocycles. The number of hydroxylamine groups is 1. The highest BCUT2D eigenvalue weighted by atomic mass is 19.4. The molecule has 4 nitrogen and oxygen atoms in total. The Morgan fingerprint density at radius 2 is 2.31 bits per heavy atom. The molecule has 1 aliphatic heterocycles. The van der Waals surface area contributed by atoms with Crippen LogP contribution in [0.15, 0.2) is 11.9 Å². The van der Waals surface area contributed by atoms with Crippen LogP contribution in [0.2, 0.25) is 0 Å². The molecule has 0 unspecified atom stereocenters. The summed E-state index contributed by atoms with van der Waals surface area (Å²) in [4.78, 5) is 14.6. The van der Waals surface area contributed by atoms with Crippen molar-refractivity contribution >= 4 is 5.78 Å². The second-order valence-electron chi connectivity index (χ2n) is 2.38. The van der Waals surface area contributed by atoms with Gasteiger partial charge in [0.25, 0.3) is 0 Å². The third-order valence-electron chi connectivity index (χ3n) is 1.18. The number of alkyl halides is 3. The molecule has 0 atom stereocenters. The lowest BCUT2D eigenvalue weighted by Gasteiger charge is -2.09. The van der Waals surface area contributed by atoms with Gasteiger partial charge >= 0.3 is 6.18 Å². The zero-order chi connectivity index (χ0) is 9.90. The third kappa shape index (κ3) is 3.79. The van der Waals surface area contributed by atoms with Crippen LogP contribution in [0.4, 0.5) is 13.2 Å². The van der Waals surface area contributed by atoms with Crippen LogP contribution in [0, 0.1) is 0 Å². The van der Waals surface area contributed by atoms with Crippen molar-refractivity contribution in [2.75, 3.05) is 13.2 Å². The maximum absolute atomic E-state index is 11.5. The Morgan fingerprint density at radius 1 is 1.62 bits per heavy atom. The van der Waals surface area contributed by atoms with Crippen LogP contribution < -0.4 is 10.8 Å². The first-order valence-corrected chi connectivity index (χ1v) is 3.40. The topological polar surface area (TPSA) is 50.4 Å². The zero-order valence-electron chi connectivity index (χ0n) is 6.44. The molecule has 0 bridgehead atoms. The molecule has 0 amide bonds. The summed E-state index contributed by atoms with van der Waals surface area (Å²) in [6, 6.07) is 0. The maximum atomic E-state index is 11.5. The molecule has 0 fully saturated rings. The van der Waals surface area contributed by atoms with Crippen molar-refractivity contribution < 1.29 is 22.8 Å². The second-order valence-corrected chi connectivity index (χ2v) is 2.38. The lowest BCUT2D eigenvalue weighted by Crippen LogP contribution is -2.28. The number of ketones is 1. The predicted octanol–water partition coefficient (Wildman–Crippen LogP) is 0.0836. The highest BCUT2D eigenvalue weighted by molar-refractivity contribution is 5.94. The molecular formula is C6H7F3N2O2. The quantitative estimate of drug-likeness (QED) is 0.628. The van der Waals surface area contributed by atoms with Gasteiger partial charge in [-0.3, -0.25) is 15.1 Å². The molecule has 0 saturated carbocycles. The summed E-state index contributed by atoms with van der Waals surface area (Å²) in [5, 5.41) is 2.50. The fourth-order valence-corrected chi connectivity index (χ4v) is 0.707. The first kappa shape index (κ1) is 9.85. The molecular weight excluding hydrogens is 189 g/mol. The van der Waals surface area contributed by atoms with Gasteiger partial charge in [-0.25, -0.2) is 0 Å². The third-order valence-corrected chi connectivity index (χ3v) is 1.18. The number of halogens is 3. The van der Waals surface area contributed by atoms with Crippen LogP contribution in [0.3, 0.4) is 0 Å². The molecule has 2 N–H and O–H groups in total. The fourth-order valence-electron chi connectivity index (χ4n) is 0.707. The standard InChI is InChI=1S/C6H7F3N2O2/c7-6(8,9)3-13-11-5-1-4(12)2-10-5/h1,10-11H,2-3H2. The van der Waals surface area contributed by atoms with E-state index in [4.69, 9.17) is 0 Å². The minimum atomic E-state index is -4.38. The molecule has 1 rings (SSSR count). The van der Waals surface area contributed by atoms with Crippen LogP contribution in [0.25, 0.3) is 0 Å². The minimum absolute atomic E-state index is 0.0811. The molecule has 0 spiro atoms. The van der Waals surface area contributed by atoms with E-state index >= 15 is 0 Å². The SMILES string of the molecule is O=C1C=C(NOCC(F)(F)F)NC1. The molecule has 74 valence electrons. The summed E-state index contributed by atoms with van der Waals surface area (Å²) in [5.41, 5.74) is 1.98. The summed E-state index contributed by atoms with van der Waals surface area (Å²) in [6.07, 6.45) is -3.24. The van der Waals surface area contributed by atoms with Crippen molar-refractivity contribution in [2.45, 2.75) is 6.18 Å². The normalized spacial score (nSPS) is 16.8. The molecule has 1 aliphatic rings. The van der Waals surface area contributed by atoms with Crippen LogP contribution in [-0.4, -0.2) is 25.1 Å². The van der Waals surface area contributed by atoms with E-state index in [1.54, 1.807) is 0 Å². The van der Waals surface area contributed by atoms with E-state index < -0.39 is 12.8 Å². The summed E-state index contributed by atoms with van der Waals surface area (Å²) >= 11 is 0. The first-order chi connectivity index (χ1) is 5.97. The highest BCUT2D eigenvalue weighted by Gasteiger charge is 2.28. The summed E-state index contributed by atoms with van der Waals surface area (Å²) in [6.45, 7) is -1.32. The van der Waals surface area contributed by atoms with Gasteiger partial charge in [-0.15, -0.1) is 0 Å². The van der Waals surface area contributed by atoms with Crippen LogP contribution >= 0.6 is 0 Å². The largest absolute Gasteiger partial charge is 0.414 e. The number of hydrogen-bond acceptors (Lipinski definition) is 4. The monoisotopic (exact) mass is 196 g/mol. The predicted molar refractivity (Wildman–Crippen MR) is 36.2 cm³/mol. The summed E-state index contributed by atoms with van der Waals surface area (Å²) in [5.74, 6) is -0.0626. The molecule has 1 heterocycles. The van der Waals surface area contributed by atoms with Gasteiger partial charge in [-0.05, 0) is 0 Å². The average molecular weight is 196 g/mol. The smallest absolute Gasteiger partial charge is 0.363 e. The van der Waals surface area contributed by atoms with Crippen LogP contribution in [-0.2, 0) is 9.63 Å². The van der Waals surface area contributed by atoms with Crippen molar-refractivity contribution in [1.29, 1.82) is 0 Å². The van der Waals surface area contributed by atoms with E-state index in [2.05, 4.69) is 10.2 Å². The van der Waals surface area contributed by atoms with E-state index in [0.717, 1.165) is 6.08 Å². The van der Waals surface area contributed by atoms with Crippen molar-refractivity contribution in [3.8, 4) is 0 Å². The van der Waals surface area contributed by atoms with E-state index in [9.17, 15) is 18.0 Å².